The van der Waals surface area contributed by atoms with Gasteiger partial charge in [-0.3, -0.25) is 9.59 Å². The van der Waals surface area contributed by atoms with Gasteiger partial charge in [-0.15, -0.1) is 0 Å². The first-order valence-electron chi connectivity index (χ1n) is 9.92. The van der Waals surface area contributed by atoms with Gasteiger partial charge in [-0.25, -0.2) is 0 Å². The van der Waals surface area contributed by atoms with E-state index in [1.165, 1.54) is 8.61 Å². The van der Waals surface area contributed by atoms with Crippen LogP contribution in [0.1, 0.15) is 12.0 Å². The number of nitrogens with zero attached hydrogens (tertiary/aromatic N) is 4. The van der Waals surface area contributed by atoms with Crippen molar-refractivity contribution in [1.29, 1.82) is 0 Å². The first-order chi connectivity index (χ1) is 14.0. The average molecular weight is 423 g/mol. The minimum atomic E-state index is -3.62. The standard InChI is InChI=1S/C19H26N4O5S/c24-18-15-20(14-16-4-2-1-3-5-16)19(25)17-6-7-21(8-9-23(17)18)29(26,27)22-10-12-28-13-11-22/h1-5,17H,6-15H2. The van der Waals surface area contributed by atoms with Crippen LogP contribution >= 0.6 is 0 Å². The van der Waals surface area contributed by atoms with Crippen molar-refractivity contribution in [2.45, 2.75) is 19.0 Å². The van der Waals surface area contributed by atoms with E-state index in [0.29, 0.717) is 39.3 Å². The van der Waals surface area contributed by atoms with E-state index >= 15 is 0 Å². The lowest BCUT2D eigenvalue weighted by atomic mass is 10.1. The summed E-state index contributed by atoms with van der Waals surface area (Å²) < 4.78 is 34.0. The Labute approximate surface area is 171 Å². The summed E-state index contributed by atoms with van der Waals surface area (Å²) in [5, 5.41) is 0. The maximum Gasteiger partial charge on any atom is 0.282 e. The summed E-state index contributed by atoms with van der Waals surface area (Å²) in [5.74, 6) is -0.241. The van der Waals surface area contributed by atoms with Crippen molar-refractivity contribution in [2.24, 2.45) is 0 Å². The van der Waals surface area contributed by atoms with Crippen LogP contribution in [-0.4, -0.2) is 97.2 Å². The Morgan fingerprint density at radius 2 is 1.62 bits per heavy atom. The zero-order valence-electron chi connectivity index (χ0n) is 16.3. The molecule has 3 heterocycles. The first-order valence-corrected chi connectivity index (χ1v) is 11.3. The maximum absolute atomic E-state index is 13.1. The summed E-state index contributed by atoms with van der Waals surface area (Å²) >= 11 is 0. The van der Waals surface area contributed by atoms with Gasteiger partial charge in [-0.2, -0.15) is 17.0 Å². The van der Waals surface area contributed by atoms with Gasteiger partial charge in [0.05, 0.1) is 13.2 Å². The van der Waals surface area contributed by atoms with Gasteiger partial charge in [0.2, 0.25) is 11.8 Å². The lowest BCUT2D eigenvalue weighted by molar-refractivity contribution is -0.156. The van der Waals surface area contributed by atoms with Gasteiger partial charge in [0.15, 0.2) is 0 Å². The predicted octanol–water partition coefficient (Wildman–Crippen LogP) is -0.491. The lowest BCUT2D eigenvalue weighted by Crippen LogP contribution is -2.59. The molecule has 9 nitrogen and oxygen atoms in total. The number of ether oxygens (including phenoxy) is 1. The van der Waals surface area contributed by atoms with Gasteiger partial charge in [0.1, 0.15) is 12.6 Å². The normalized spacial score (nSPS) is 25.0. The van der Waals surface area contributed by atoms with Gasteiger partial charge < -0.3 is 14.5 Å². The third-order valence-electron chi connectivity index (χ3n) is 5.70. The Hall–Kier alpha value is -2.01. The second kappa shape index (κ2) is 8.39. The molecule has 3 saturated heterocycles. The van der Waals surface area contributed by atoms with Crippen LogP contribution in [-0.2, 0) is 31.1 Å². The van der Waals surface area contributed by atoms with Crippen LogP contribution < -0.4 is 0 Å². The zero-order valence-corrected chi connectivity index (χ0v) is 17.1. The molecule has 0 aliphatic carbocycles. The fourth-order valence-corrected chi connectivity index (χ4v) is 5.70. The highest BCUT2D eigenvalue weighted by atomic mass is 32.2. The topological polar surface area (TPSA) is 90.5 Å². The minimum Gasteiger partial charge on any atom is -0.379 e. The summed E-state index contributed by atoms with van der Waals surface area (Å²) in [6.07, 6.45) is 0.305. The van der Waals surface area contributed by atoms with Crippen molar-refractivity contribution in [3.05, 3.63) is 35.9 Å². The largest absolute Gasteiger partial charge is 0.379 e. The molecule has 158 valence electrons. The van der Waals surface area contributed by atoms with Crippen molar-refractivity contribution >= 4 is 22.0 Å². The number of carbonyl (C=O) groups is 2. The zero-order chi connectivity index (χ0) is 20.4. The molecule has 0 N–H and O–H groups in total. The van der Waals surface area contributed by atoms with E-state index in [-0.39, 0.29) is 38.0 Å². The number of benzene rings is 1. The maximum atomic E-state index is 13.1. The van der Waals surface area contributed by atoms with E-state index in [2.05, 4.69) is 0 Å². The highest BCUT2D eigenvalue weighted by Gasteiger charge is 2.43. The van der Waals surface area contributed by atoms with Crippen LogP contribution in [0.15, 0.2) is 30.3 Å². The van der Waals surface area contributed by atoms with Crippen LogP contribution in [0.5, 0.6) is 0 Å². The summed E-state index contributed by atoms with van der Waals surface area (Å²) in [6.45, 7) is 2.49. The van der Waals surface area contributed by atoms with Gasteiger partial charge >= 0.3 is 0 Å². The van der Waals surface area contributed by atoms with Crippen molar-refractivity contribution < 1.29 is 22.7 Å². The van der Waals surface area contributed by atoms with E-state index in [1.807, 2.05) is 30.3 Å². The van der Waals surface area contributed by atoms with Crippen LogP contribution in [0.2, 0.25) is 0 Å². The Balaban J connectivity index is 1.47. The second-order valence-corrected chi connectivity index (χ2v) is 9.42. The Kier molecular flexibility index (Phi) is 5.86. The number of morpholine rings is 1. The quantitative estimate of drug-likeness (QED) is 0.653. The highest BCUT2D eigenvalue weighted by molar-refractivity contribution is 7.86. The molecular formula is C19H26N4O5S. The molecule has 0 aromatic heterocycles. The summed E-state index contributed by atoms with van der Waals surface area (Å²) in [7, 11) is -3.62. The molecule has 2 amide bonds. The van der Waals surface area contributed by atoms with Gasteiger partial charge in [0, 0.05) is 39.3 Å². The SMILES string of the molecule is O=C1C2CCN(S(=O)(=O)N3CCOCC3)CCN2C(=O)CN1Cc1ccccc1. The highest BCUT2D eigenvalue weighted by Crippen LogP contribution is 2.23. The molecular weight excluding hydrogens is 396 g/mol. The Morgan fingerprint density at radius 1 is 0.931 bits per heavy atom. The minimum absolute atomic E-state index is 0.0282. The van der Waals surface area contributed by atoms with Crippen LogP contribution in [0, 0.1) is 0 Å². The molecule has 3 fully saturated rings. The van der Waals surface area contributed by atoms with E-state index in [9.17, 15) is 18.0 Å². The molecule has 0 bridgehead atoms. The molecule has 10 heteroatoms. The summed E-state index contributed by atoms with van der Waals surface area (Å²) in [4.78, 5) is 28.9. The molecule has 0 saturated carbocycles. The van der Waals surface area contributed by atoms with E-state index in [4.69, 9.17) is 4.74 Å². The predicted molar refractivity (Wildman–Crippen MR) is 105 cm³/mol. The summed E-state index contributed by atoms with van der Waals surface area (Å²) in [5.41, 5.74) is 0.965. The molecule has 1 atom stereocenters. The van der Waals surface area contributed by atoms with Gasteiger partial charge in [-0.05, 0) is 12.0 Å². The third-order valence-corrected chi connectivity index (χ3v) is 7.74. The lowest BCUT2D eigenvalue weighted by Gasteiger charge is -2.39. The molecule has 3 aliphatic heterocycles. The number of hydrogen-bond donors (Lipinski definition) is 0. The molecule has 1 aromatic rings. The fourth-order valence-electron chi connectivity index (χ4n) is 4.12. The van der Waals surface area contributed by atoms with E-state index < -0.39 is 16.3 Å². The number of rotatable bonds is 4. The number of fused-ring (bicyclic) bond motifs is 1. The number of piperazine rings is 1. The number of carbonyl (C=O) groups excluding carboxylic acids is 2. The molecule has 0 spiro atoms. The average Bonchev–Trinajstić information content (AvgIpc) is 2.97. The molecule has 1 aromatic carbocycles. The Morgan fingerprint density at radius 3 is 2.34 bits per heavy atom. The molecule has 4 rings (SSSR count). The summed E-state index contributed by atoms with van der Waals surface area (Å²) in [6, 6.07) is 8.95. The van der Waals surface area contributed by atoms with Crippen molar-refractivity contribution in [3.8, 4) is 0 Å². The van der Waals surface area contributed by atoms with Crippen LogP contribution in [0.4, 0.5) is 0 Å². The van der Waals surface area contributed by atoms with Crippen molar-refractivity contribution in [1.82, 2.24) is 18.4 Å². The fraction of sp³-hybridized carbons (Fsp3) is 0.579. The molecule has 1 unspecified atom stereocenters. The molecule has 0 radical (unpaired) electrons. The first kappa shape index (κ1) is 20.3. The van der Waals surface area contributed by atoms with Crippen molar-refractivity contribution in [3.63, 3.8) is 0 Å². The molecule has 3 aliphatic rings. The van der Waals surface area contributed by atoms with E-state index in [0.717, 1.165) is 5.56 Å². The van der Waals surface area contributed by atoms with Gasteiger partial charge in [0.25, 0.3) is 10.2 Å². The number of amides is 2. The molecule has 29 heavy (non-hydrogen) atoms. The van der Waals surface area contributed by atoms with Crippen molar-refractivity contribution in [2.75, 3.05) is 52.5 Å². The van der Waals surface area contributed by atoms with E-state index in [1.54, 1.807) is 9.80 Å². The smallest absolute Gasteiger partial charge is 0.282 e. The van der Waals surface area contributed by atoms with Crippen LogP contribution in [0.25, 0.3) is 0 Å². The third kappa shape index (κ3) is 4.16. The monoisotopic (exact) mass is 422 g/mol. The Bertz CT molecular complexity index is 857. The second-order valence-electron chi connectivity index (χ2n) is 7.49. The van der Waals surface area contributed by atoms with Gasteiger partial charge in [-0.1, -0.05) is 30.3 Å². The van der Waals surface area contributed by atoms with Crippen LogP contribution in [0.3, 0.4) is 0 Å². The number of hydrogen-bond acceptors (Lipinski definition) is 5.